The third kappa shape index (κ3) is 5.58. The molecule has 2 unspecified atom stereocenters. The molecule has 2 bridgehead atoms. The van der Waals surface area contributed by atoms with Gasteiger partial charge in [0.2, 0.25) is 5.95 Å². The first-order valence-corrected chi connectivity index (χ1v) is 14.5. The second-order valence-corrected chi connectivity index (χ2v) is 12.5. The highest BCUT2D eigenvalue weighted by Crippen LogP contribution is 2.36. The normalized spacial score (nSPS) is 31.0. The summed E-state index contributed by atoms with van der Waals surface area (Å²) in [7, 11) is 0. The summed E-state index contributed by atoms with van der Waals surface area (Å²) in [6.45, 7) is 14.6. The van der Waals surface area contributed by atoms with Gasteiger partial charge in [-0.25, -0.2) is 9.97 Å². The fraction of sp³-hybridized carbons (Fsp3) is 0.828. The van der Waals surface area contributed by atoms with Crippen LogP contribution in [0.2, 0.25) is 0 Å². The van der Waals surface area contributed by atoms with E-state index in [0.29, 0.717) is 35.7 Å². The highest BCUT2D eigenvalue weighted by atomic mass is 16.1. The molecule has 0 spiro atoms. The van der Waals surface area contributed by atoms with Crippen LogP contribution in [0.5, 0.6) is 0 Å². The number of Topliss-reactive ketones (excluding diaryl/α,β-unsaturated/α-hetero) is 1. The molecule has 4 fully saturated rings. The zero-order chi connectivity index (χ0) is 24.5. The van der Waals surface area contributed by atoms with E-state index in [-0.39, 0.29) is 5.92 Å². The van der Waals surface area contributed by atoms with Crippen LogP contribution >= 0.6 is 0 Å². The number of hydrogen-bond acceptors (Lipinski definition) is 6. The van der Waals surface area contributed by atoms with Crippen LogP contribution in [0.15, 0.2) is 12.4 Å². The molecule has 0 radical (unpaired) electrons. The van der Waals surface area contributed by atoms with Gasteiger partial charge < -0.3 is 9.80 Å². The van der Waals surface area contributed by atoms with Crippen LogP contribution in [0.4, 0.5) is 5.95 Å². The molecule has 6 nitrogen and oxygen atoms in total. The standard InChI is InChI=1S/C29H47N5O/c1-20(2)28(35)24-7-5-22(6-8-24)17-32-13-11-23(12-14-32)25-15-30-29(31-16-25)34-26-9-10-27(34)19-33(18-26)21(3)4/h15-16,20-24,26-27H,5-14,17-19H2,1-4H3/t22-,24+,26?,27?. The molecule has 4 aliphatic rings. The van der Waals surface area contributed by atoms with Crippen LogP contribution in [0.25, 0.3) is 0 Å². The molecule has 0 aromatic carbocycles. The maximum absolute atomic E-state index is 12.3. The van der Waals surface area contributed by atoms with Gasteiger partial charge in [-0.1, -0.05) is 13.8 Å². The van der Waals surface area contributed by atoms with Crippen molar-refractivity contribution in [2.75, 3.05) is 37.6 Å². The first-order valence-electron chi connectivity index (χ1n) is 14.5. The van der Waals surface area contributed by atoms with Crippen molar-refractivity contribution >= 4 is 11.7 Å². The molecular formula is C29H47N5O. The molecule has 4 heterocycles. The minimum absolute atomic E-state index is 0.193. The lowest BCUT2D eigenvalue weighted by molar-refractivity contribution is -0.127. The Balaban J connectivity index is 1.09. The number of anilines is 1. The summed E-state index contributed by atoms with van der Waals surface area (Å²) in [6, 6.07) is 1.77. The molecule has 6 heteroatoms. The highest BCUT2D eigenvalue weighted by Gasteiger charge is 2.41. The number of piperazine rings is 1. The topological polar surface area (TPSA) is 52.6 Å². The molecule has 3 saturated heterocycles. The third-order valence-electron chi connectivity index (χ3n) is 9.52. The summed E-state index contributed by atoms with van der Waals surface area (Å²) in [5.41, 5.74) is 1.33. The van der Waals surface area contributed by atoms with Gasteiger partial charge in [0.05, 0.1) is 0 Å². The molecule has 194 valence electrons. The van der Waals surface area contributed by atoms with E-state index >= 15 is 0 Å². The van der Waals surface area contributed by atoms with E-state index in [2.05, 4.69) is 54.8 Å². The molecule has 0 amide bonds. The van der Waals surface area contributed by atoms with E-state index in [1.54, 1.807) is 0 Å². The minimum Gasteiger partial charge on any atom is -0.332 e. The molecular weight excluding hydrogens is 434 g/mol. The molecule has 0 N–H and O–H groups in total. The van der Waals surface area contributed by atoms with Crippen molar-refractivity contribution in [1.82, 2.24) is 19.8 Å². The van der Waals surface area contributed by atoms with E-state index in [1.807, 2.05) is 0 Å². The minimum atomic E-state index is 0.193. The molecule has 1 aromatic heterocycles. The Morgan fingerprint density at radius 2 is 1.49 bits per heavy atom. The van der Waals surface area contributed by atoms with Gasteiger partial charge in [0.25, 0.3) is 0 Å². The van der Waals surface area contributed by atoms with E-state index in [4.69, 9.17) is 9.97 Å². The molecule has 1 aliphatic carbocycles. The highest BCUT2D eigenvalue weighted by molar-refractivity contribution is 5.82. The molecule has 1 saturated carbocycles. The molecule has 3 aliphatic heterocycles. The third-order valence-corrected chi connectivity index (χ3v) is 9.52. The monoisotopic (exact) mass is 481 g/mol. The Hall–Kier alpha value is -1.53. The van der Waals surface area contributed by atoms with Crippen molar-refractivity contribution in [1.29, 1.82) is 0 Å². The Kier molecular flexibility index (Phi) is 7.78. The van der Waals surface area contributed by atoms with E-state index in [1.165, 1.54) is 63.7 Å². The Morgan fingerprint density at radius 1 is 0.886 bits per heavy atom. The molecule has 2 atom stereocenters. The smallest absolute Gasteiger partial charge is 0.225 e. The van der Waals surface area contributed by atoms with E-state index in [0.717, 1.165) is 37.8 Å². The fourth-order valence-electron chi connectivity index (χ4n) is 7.27. The van der Waals surface area contributed by atoms with Crippen LogP contribution in [-0.2, 0) is 4.79 Å². The van der Waals surface area contributed by atoms with Crippen LogP contribution in [0.3, 0.4) is 0 Å². The maximum atomic E-state index is 12.3. The zero-order valence-electron chi connectivity index (χ0n) is 22.5. The van der Waals surface area contributed by atoms with Gasteiger partial charge in [0, 0.05) is 62.0 Å². The number of likely N-dealkylation sites (tertiary alicyclic amines) is 2. The first-order chi connectivity index (χ1) is 16.9. The van der Waals surface area contributed by atoms with Gasteiger partial charge in [-0.05, 0) is 95.7 Å². The predicted molar refractivity (Wildman–Crippen MR) is 142 cm³/mol. The van der Waals surface area contributed by atoms with Crippen molar-refractivity contribution in [2.24, 2.45) is 17.8 Å². The van der Waals surface area contributed by atoms with E-state index in [9.17, 15) is 4.79 Å². The quantitative estimate of drug-likeness (QED) is 0.560. The van der Waals surface area contributed by atoms with Gasteiger partial charge in [-0.15, -0.1) is 0 Å². The van der Waals surface area contributed by atoms with Crippen LogP contribution in [-0.4, -0.2) is 76.4 Å². The number of rotatable bonds is 7. The number of nitrogens with zero attached hydrogens (tertiary/aromatic N) is 5. The number of ketones is 1. The first kappa shape index (κ1) is 25.1. The van der Waals surface area contributed by atoms with Gasteiger partial charge in [-0.2, -0.15) is 0 Å². The largest absolute Gasteiger partial charge is 0.332 e. The SMILES string of the molecule is CC(C)C(=O)[C@H]1CC[C@@H](CN2CCC(c3cnc(N4C5CCC4CN(C(C)C)C5)nc3)CC2)CC1. The summed E-state index contributed by atoms with van der Waals surface area (Å²) in [6.07, 6.45) is 13.9. The lowest BCUT2D eigenvalue weighted by atomic mass is 9.77. The van der Waals surface area contributed by atoms with Gasteiger partial charge in [0.1, 0.15) is 5.78 Å². The average Bonchev–Trinajstić information content (AvgIpc) is 3.13. The fourth-order valence-corrected chi connectivity index (χ4v) is 7.27. The lowest BCUT2D eigenvalue weighted by Gasteiger charge is -2.42. The van der Waals surface area contributed by atoms with Crippen molar-refractivity contribution in [3.8, 4) is 0 Å². The number of fused-ring (bicyclic) bond motifs is 2. The second-order valence-electron chi connectivity index (χ2n) is 12.5. The molecule has 1 aromatic rings. The Morgan fingerprint density at radius 3 is 2.03 bits per heavy atom. The zero-order valence-corrected chi connectivity index (χ0v) is 22.5. The summed E-state index contributed by atoms with van der Waals surface area (Å²) in [4.78, 5) is 29.9. The number of aromatic nitrogens is 2. The maximum Gasteiger partial charge on any atom is 0.225 e. The van der Waals surface area contributed by atoms with Crippen molar-refractivity contribution < 1.29 is 4.79 Å². The van der Waals surface area contributed by atoms with Gasteiger partial charge in [0.15, 0.2) is 0 Å². The predicted octanol–water partition coefficient (Wildman–Crippen LogP) is 4.75. The van der Waals surface area contributed by atoms with Gasteiger partial charge in [-0.3, -0.25) is 9.69 Å². The summed E-state index contributed by atoms with van der Waals surface area (Å²) < 4.78 is 0. The summed E-state index contributed by atoms with van der Waals surface area (Å²) >= 11 is 0. The van der Waals surface area contributed by atoms with Crippen molar-refractivity contribution in [3.05, 3.63) is 18.0 Å². The number of carbonyl (C=O) groups excluding carboxylic acids is 1. The number of carbonyl (C=O) groups is 1. The number of piperidine rings is 1. The molecule has 5 rings (SSSR count). The van der Waals surface area contributed by atoms with E-state index < -0.39 is 0 Å². The van der Waals surface area contributed by atoms with Crippen LogP contribution in [0.1, 0.15) is 90.5 Å². The van der Waals surface area contributed by atoms with Crippen molar-refractivity contribution in [3.63, 3.8) is 0 Å². The summed E-state index contributed by atoms with van der Waals surface area (Å²) in [5.74, 6) is 3.33. The Labute approximate surface area is 212 Å². The second kappa shape index (κ2) is 10.8. The molecule has 35 heavy (non-hydrogen) atoms. The average molecular weight is 482 g/mol. The van der Waals surface area contributed by atoms with Crippen LogP contribution < -0.4 is 4.90 Å². The van der Waals surface area contributed by atoms with Crippen LogP contribution in [0, 0.1) is 17.8 Å². The van der Waals surface area contributed by atoms with Gasteiger partial charge >= 0.3 is 0 Å². The number of hydrogen-bond donors (Lipinski definition) is 0. The Bertz CT molecular complexity index is 825. The summed E-state index contributed by atoms with van der Waals surface area (Å²) in [5, 5.41) is 0. The lowest BCUT2D eigenvalue weighted by Crippen LogP contribution is -2.56. The van der Waals surface area contributed by atoms with Crippen molar-refractivity contribution in [2.45, 2.75) is 103 Å².